The van der Waals surface area contributed by atoms with Gasteiger partial charge in [-0.05, 0) is 68.5 Å². The first kappa shape index (κ1) is 17.3. The van der Waals surface area contributed by atoms with E-state index in [0.29, 0.717) is 18.4 Å². The van der Waals surface area contributed by atoms with Crippen molar-refractivity contribution < 1.29 is 4.79 Å². The molecule has 0 atom stereocenters. The highest BCUT2D eigenvalue weighted by Crippen LogP contribution is 2.23. The summed E-state index contributed by atoms with van der Waals surface area (Å²) in [6.07, 6.45) is 9.63. The summed E-state index contributed by atoms with van der Waals surface area (Å²) in [6.45, 7) is 2.30. The zero-order valence-electron chi connectivity index (χ0n) is 14.3. The van der Waals surface area contributed by atoms with Crippen molar-refractivity contribution in [2.75, 3.05) is 25.0 Å². The monoisotopic (exact) mass is 340 g/mol. The van der Waals surface area contributed by atoms with Crippen LogP contribution in [0.3, 0.4) is 0 Å². The number of carbonyl (C=O) groups is 1. The Morgan fingerprint density at radius 2 is 1.96 bits per heavy atom. The van der Waals surface area contributed by atoms with E-state index in [2.05, 4.69) is 37.3 Å². The number of piperidine rings is 1. The van der Waals surface area contributed by atoms with Gasteiger partial charge in [0.05, 0.1) is 6.54 Å². The molecule has 1 aliphatic rings. The number of hydrogen-bond acceptors (Lipinski definition) is 6. The van der Waals surface area contributed by atoms with Crippen LogP contribution in [0.15, 0.2) is 36.8 Å². The number of likely N-dealkylation sites (tertiary alicyclic amines) is 1. The van der Waals surface area contributed by atoms with Gasteiger partial charge in [-0.15, -0.1) is 0 Å². The number of nitrogens with zero attached hydrogens (tertiary/aromatic N) is 4. The Morgan fingerprint density at radius 3 is 2.68 bits per heavy atom. The molecule has 0 unspecified atom stereocenters. The maximum atomic E-state index is 11.0. The molecule has 2 aromatic rings. The number of aromatic nitrogens is 3. The topological polar surface area (TPSA) is 97.0 Å². The van der Waals surface area contributed by atoms with Crippen LogP contribution in [0, 0.1) is 5.92 Å². The van der Waals surface area contributed by atoms with Crippen molar-refractivity contribution in [2.24, 2.45) is 11.7 Å². The van der Waals surface area contributed by atoms with Crippen molar-refractivity contribution in [3.8, 4) is 0 Å². The lowest BCUT2D eigenvalue weighted by molar-refractivity contribution is -0.119. The molecule has 1 fully saturated rings. The molecule has 132 valence electrons. The number of nitrogens with one attached hydrogen (secondary N) is 1. The molecule has 25 heavy (non-hydrogen) atoms. The van der Waals surface area contributed by atoms with E-state index in [1.165, 1.54) is 5.56 Å². The van der Waals surface area contributed by atoms with Crippen molar-refractivity contribution >= 4 is 17.7 Å². The van der Waals surface area contributed by atoms with E-state index in [1.807, 2.05) is 6.20 Å². The van der Waals surface area contributed by atoms with Crippen LogP contribution in [-0.2, 0) is 11.2 Å². The summed E-state index contributed by atoms with van der Waals surface area (Å²) in [5, 5.41) is 3.12. The Morgan fingerprint density at radius 1 is 1.20 bits per heavy atom. The van der Waals surface area contributed by atoms with Gasteiger partial charge in [-0.2, -0.15) is 0 Å². The fourth-order valence-electron chi connectivity index (χ4n) is 3.20. The van der Waals surface area contributed by atoms with E-state index >= 15 is 0 Å². The molecule has 1 saturated heterocycles. The second kappa shape index (κ2) is 8.53. The number of rotatable bonds is 7. The van der Waals surface area contributed by atoms with Gasteiger partial charge in [-0.25, -0.2) is 15.0 Å². The molecular formula is C18H24N6O. The molecule has 0 spiro atoms. The van der Waals surface area contributed by atoms with Crippen LogP contribution in [-0.4, -0.2) is 45.4 Å². The van der Waals surface area contributed by atoms with Gasteiger partial charge in [-0.3, -0.25) is 9.69 Å². The fraction of sp³-hybridized carbons (Fsp3) is 0.444. The molecular weight excluding hydrogens is 316 g/mol. The van der Waals surface area contributed by atoms with Gasteiger partial charge in [0.25, 0.3) is 0 Å². The number of amides is 1. The van der Waals surface area contributed by atoms with E-state index in [4.69, 9.17) is 5.73 Å². The average molecular weight is 340 g/mol. The molecule has 7 heteroatoms. The van der Waals surface area contributed by atoms with Crippen molar-refractivity contribution in [3.05, 3.63) is 42.4 Å². The Balaban J connectivity index is 1.47. The molecule has 0 radical (unpaired) electrons. The quantitative estimate of drug-likeness (QED) is 0.797. The molecule has 0 aromatic carbocycles. The van der Waals surface area contributed by atoms with Gasteiger partial charge in [0.15, 0.2) is 0 Å². The number of nitrogens with two attached hydrogens (primary N) is 1. The van der Waals surface area contributed by atoms with Crippen LogP contribution in [0.2, 0.25) is 0 Å². The van der Waals surface area contributed by atoms with Crippen molar-refractivity contribution in [1.29, 1.82) is 0 Å². The van der Waals surface area contributed by atoms with E-state index in [9.17, 15) is 4.79 Å². The first-order valence-electron chi connectivity index (χ1n) is 8.68. The van der Waals surface area contributed by atoms with E-state index in [-0.39, 0.29) is 5.91 Å². The molecule has 7 nitrogen and oxygen atoms in total. The number of pyridine rings is 1. The van der Waals surface area contributed by atoms with E-state index < -0.39 is 0 Å². The minimum absolute atomic E-state index is 0.238. The van der Waals surface area contributed by atoms with Crippen molar-refractivity contribution in [2.45, 2.75) is 25.7 Å². The third-order valence-electron chi connectivity index (χ3n) is 4.56. The lowest BCUT2D eigenvalue weighted by Gasteiger charge is -2.31. The highest BCUT2D eigenvalue weighted by molar-refractivity contribution is 5.75. The van der Waals surface area contributed by atoms with Crippen LogP contribution < -0.4 is 11.1 Å². The highest BCUT2D eigenvalue weighted by Gasteiger charge is 2.19. The van der Waals surface area contributed by atoms with Gasteiger partial charge >= 0.3 is 0 Å². The molecule has 0 bridgehead atoms. The SMILES string of the molecule is NC(=O)CN1CCC(CCc2ccnc(Nc3ncccn3)c2)CC1. The lowest BCUT2D eigenvalue weighted by Crippen LogP contribution is -2.39. The Hall–Kier alpha value is -2.54. The second-order valence-electron chi connectivity index (χ2n) is 6.47. The average Bonchev–Trinajstić information content (AvgIpc) is 2.62. The predicted molar refractivity (Wildman–Crippen MR) is 96.2 cm³/mol. The largest absolute Gasteiger partial charge is 0.369 e. The van der Waals surface area contributed by atoms with Crippen LogP contribution >= 0.6 is 0 Å². The minimum Gasteiger partial charge on any atom is -0.369 e. The standard InChI is InChI=1S/C18H24N6O/c19-16(25)13-24-10-5-14(6-11-24)2-3-15-4-9-20-17(12-15)23-18-21-7-1-8-22-18/h1,4,7-9,12,14H,2-3,5-6,10-11,13H2,(H2,19,25)(H,20,21,22,23). The number of carbonyl (C=O) groups excluding carboxylic acids is 1. The smallest absolute Gasteiger partial charge is 0.231 e. The third-order valence-corrected chi connectivity index (χ3v) is 4.56. The van der Waals surface area contributed by atoms with Crippen molar-refractivity contribution in [1.82, 2.24) is 19.9 Å². The predicted octanol–water partition coefficient (Wildman–Crippen LogP) is 1.75. The maximum Gasteiger partial charge on any atom is 0.231 e. The Kier molecular flexibility index (Phi) is 5.90. The van der Waals surface area contributed by atoms with Gasteiger partial charge in [0, 0.05) is 18.6 Å². The molecule has 3 heterocycles. The number of aryl methyl sites for hydroxylation is 1. The third kappa shape index (κ3) is 5.49. The minimum atomic E-state index is -0.238. The Labute approximate surface area is 147 Å². The summed E-state index contributed by atoms with van der Waals surface area (Å²) in [4.78, 5) is 25.8. The summed E-state index contributed by atoms with van der Waals surface area (Å²) in [7, 11) is 0. The first-order chi connectivity index (χ1) is 12.2. The molecule has 0 saturated carbocycles. The zero-order chi connectivity index (χ0) is 17.5. The summed E-state index contributed by atoms with van der Waals surface area (Å²) >= 11 is 0. The van der Waals surface area contributed by atoms with Gasteiger partial charge < -0.3 is 11.1 Å². The number of hydrogen-bond donors (Lipinski definition) is 2. The van der Waals surface area contributed by atoms with Gasteiger partial charge in [0.1, 0.15) is 5.82 Å². The fourth-order valence-corrected chi connectivity index (χ4v) is 3.20. The molecule has 2 aromatic heterocycles. The van der Waals surface area contributed by atoms with Crippen LogP contribution in [0.5, 0.6) is 0 Å². The number of anilines is 2. The zero-order valence-corrected chi connectivity index (χ0v) is 14.3. The second-order valence-corrected chi connectivity index (χ2v) is 6.47. The Bertz CT molecular complexity index is 685. The normalized spacial score (nSPS) is 15.8. The van der Waals surface area contributed by atoms with Crippen LogP contribution in [0.25, 0.3) is 0 Å². The van der Waals surface area contributed by atoms with E-state index in [1.54, 1.807) is 18.5 Å². The summed E-state index contributed by atoms with van der Waals surface area (Å²) in [6, 6.07) is 5.89. The van der Waals surface area contributed by atoms with E-state index in [0.717, 1.165) is 44.6 Å². The molecule has 3 N–H and O–H groups in total. The van der Waals surface area contributed by atoms with Gasteiger partial charge in [-0.1, -0.05) is 0 Å². The number of primary amides is 1. The van der Waals surface area contributed by atoms with Crippen molar-refractivity contribution in [3.63, 3.8) is 0 Å². The molecule has 1 aliphatic heterocycles. The van der Waals surface area contributed by atoms with Gasteiger partial charge in [0.2, 0.25) is 11.9 Å². The molecule has 3 rings (SSSR count). The lowest BCUT2D eigenvalue weighted by atomic mass is 9.90. The molecule has 1 amide bonds. The highest BCUT2D eigenvalue weighted by atomic mass is 16.1. The summed E-state index contributed by atoms with van der Waals surface area (Å²) < 4.78 is 0. The molecule has 0 aliphatic carbocycles. The first-order valence-corrected chi connectivity index (χ1v) is 8.68. The maximum absolute atomic E-state index is 11.0. The van der Waals surface area contributed by atoms with Crippen LogP contribution in [0.1, 0.15) is 24.8 Å². The summed E-state index contributed by atoms with van der Waals surface area (Å²) in [5.41, 5.74) is 6.52. The summed E-state index contributed by atoms with van der Waals surface area (Å²) in [5.74, 6) is 1.78. The van der Waals surface area contributed by atoms with Crippen LogP contribution in [0.4, 0.5) is 11.8 Å².